The summed E-state index contributed by atoms with van der Waals surface area (Å²) in [6, 6.07) is 11.4. The fourth-order valence-corrected chi connectivity index (χ4v) is 2.19. The van der Waals surface area contributed by atoms with E-state index in [1.165, 1.54) is 6.07 Å². The van der Waals surface area contributed by atoms with Gasteiger partial charge in [0, 0.05) is 0 Å². The van der Waals surface area contributed by atoms with Gasteiger partial charge in [0.25, 0.3) is 0 Å². The van der Waals surface area contributed by atoms with E-state index in [2.05, 4.69) is 0 Å². The quantitative estimate of drug-likeness (QED) is 0.787. The molecule has 0 saturated carbocycles. The maximum Gasteiger partial charge on any atom is 0.336 e. The van der Waals surface area contributed by atoms with Gasteiger partial charge >= 0.3 is 5.97 Å². The van der Waals surface area contributed by atoms with Crippen LogP contribution in [0.5, 0.6) is 0 Å². The molecule has 2 rings (SSSR count). The van der Waals surface area contributed by atoms with Crippen molar-refractivity contribution in [2.24, 2.45) is 0 Å². The molecule has 3 N–H and O–H groups in total. The topological polar surface area (TPSA) is 102 Å². The minimum absolute atomic E-state index is 0.131. The van der Waals surface area contributed by atoms with E-state index < -0.39 is 18.2 Å². The lowest BCUT2D eigenvalue weighted by Crippen LogP contribution is -2.17. The zero-order valence-corrected chi connectivity index (χ0v) is 10.5. The van der Waals surface area contributed by atoms with Gasteiger partial charge in [-0.25, -0.2) is 4.79 Å². The van der Waals surface area contributed by atoms with Crippen LogP contribution in [0.1, 0.15) is 28.4 Å². The third kappa shape index (κ3) is 2.48. The van der Waals surface area contributed by atoms with Crippen molar-refractivity contribution in [1.82, 2.24) is 0 Å². The first kappa shape index (κ1) is 14.0. The highest BCUT2D eigenvalue weighted by Gasteiger charge is 2.21. The number of carboxylic acids is 1. The molecule has 0 aliphatic carbocycles. The lowest BCUT2D eigenvalue weighted by Gasteiger charge is -2.18. The van der Waals surface area contributed by atoms with Gasteiger partial charge in [-0.15, -0.1) is 0 Å². The van der Waals surface area contributed by atoms with Crippen LogP contribution in [0.15, 0.2) is 36.4 Å². The van der Waals surface area contributed by atoms with Crippen LogP contribution in [0.25, 0.3) is 10.8 Å². The summed E-state index contributed by atoms with van der Waals surface area (Å²) in [4.78, 5) is 11.2. The highest BCUT2D eigenvalue weighted by Crippen LogP contribution is 2.29. The first-order valence-electron chi connectivity index (χ1n) is 6.04. The smallest absolute Gasteiger partial charge is 0.336 e. The Bertz CT molecular complexity index is 690. The molecule has 0 amide bonds. The molecule has 0 bridgehead atoms. The Morgan fingerprint density at radius 3 is 2.45 bits per heavy atom. The molecule has 0 saturated heterocycles. The van der Waals surface area contributed by atoms with E-state index in [0.717, 1.165) is 0 Å². The van der Waals surface area contributed by atoms with Crippen LogP contribution in [0.2, 0.25) is 0 Å². The predicted molar refractivity (Wildman–Crippen MR) is 72.1 cm³/mol. The number of carbonyl (C=O) groups is 1. The van der Waals surface area contributed by atoms with Crippen molar-refractivity contribution in [3.05, 3.63) is 47.5 Å². The summed E-state index contributed by atoms with van der Waals surface area (Å²) in [5.41, 5.74) is 0.541. The number of aromatic carboxylic acids is 1. The Morgan fingerprint density at radius 2 is 1.80 bits per heavy atom. The zero-order valence-electron chi connectivity index (χ0n) is 10.5. The molecule has 0 radical (unpaired) electrons. The van der Waals surface area contributed by atoms with Crippen molar-refractivity contribution in [2.75, 3.05) is 0 Å². The van der Waals surface area contributed by atoms with Gasteiger partial charge in [-0.05, 0) is 22.4 Å². The van der Waals surface area contributed by atoms with E-state index in [0.29, 0.717) is 16.3 Å². The molecule has 0 aliphatic heterocycles. The Hall–Kier alpha value is -2.42. The van der Waals surface area contributed by atoms with Gasteiger partial charge in [0.1, 0.15) is 6.10 Å². The number of fused-ring (bicyclic) bond motifs is 1. The van der Waals surface area contributed by atoms with E-state index in [4.69, 9.17) is 10.4 Å². The van der Waals surface area contributed by atoms with Crippen LogP contribution in [0.3, 0.4) is 0 Å². The second kappa shape index (κ2) is 5.70. The molecule has 5 nitrogen and oxygen atoms in total. The van der Waals surface area contributed by atoms with Crippen LogP contribution in [0.4, 0.5) is 0 Å². The Morgan fingerprint density at radius 1 is 1.15 bits per heavy atom. The molecule has 2 aromatic carbocycles. The van der Waals surface area contributed by atoms with Gasteiger partial charge in [0.15, 0.2) is 0 Å². The fraction of sp³-hybridized carbons (Fsp3) is 0.200. The number of hydrogen-bond donors (Lipinski definition) is 3. The first-order chi connectivity index (χ1) is 9.56. The second-order valence-corrected chi connectivity index (χ2v) is 4.43. The molecule has 2 unspecified atom stereocenters. The zero-order chi connectivity index (χ0) is 14.7. The first-order valence-corrected chi connectivity index (χ1v) is 6.04. The average Bonchev–Trinajstić information content (AvgIpc) is 2.45. The number of nitriles is 1. The van der Waals surface area contributed by atoms with E-state index >= 15 is 0 Å². The summed E-state index contributed by atoms with van der Waals surface area (Å²) in [7, 11) is 0. The highest BCUT2D eigenvalue weighted by atomic mass is 16.4. The minimum atomic E-state index is -1.23. The fourth-order valence-electron chi connectivity index (χ4n) is 2.19. The maximum atomic E-state index is 11.2. The van der Waals surface area contributed by atoms with Crippen LogP contribution in [0, 0.1) is 11.3 Å². The molecule has 2 aromatic rings. The summed E-state index contributed by atoms with van der Waals surface area (Å²) >= 11 is 0. The van der Waals surface area contributed by atoms with Crippen LogP contribution >= 0.6 is 0 Å². The predicted octanol–water partition coefficient (Wildman–Crippen LogP) is 1.85. The van der Waals surface area contributed by atoms with Crippen LogP contribution in [-0.2, 0) is 0 Å². The van der Waals surface area contributed by atoms with Gasteiger partial charge in [-0.1, -0.05) is 30.3 Å². The number of carboxylic acid groups (broad SMARTS) is 1. The molecular formula is C15H13NO4. The summed E-state index contributed by atoms with van der Waals surface area (Å²) in [6.45, 7) is 0. The molecule has 102 valence electrons. The van der Waals surface area contributed by atoms with E-state index in [1.54, 1.807) is 36.4 Å². The summed E-state index contributed by atoms with van der Waals surface area (Å²) in [6.07, 6.45) is -2.64. The standard InChI is InChI=1S/C15H13NO4/c16-8-7-13(17)14(18)11-5-1-4-10-9(11)3-2-6-12(10)15(19)20/h1-6,13-14,17-18H,7H2,(H,19,20). The number of nitrogens with zero attached hydrogens (tertiary/aromatic N) is 1. The normalized spacial score (nSPS) is 13.7. The maximum absolute atomic E-state index is 11.2. The summed E-state index contributed by atoms with van der Waals surface area (Å²) in [5.74, 6) is -1.06. The molecule has 20 heavy (non-hydrogen) atoms. The molecule has 2 atom stereocenters. The second-order valence-electron chi connectivity index (χ2n) is 4.43. The van der Waals surface area contributed by atoms with Gasteiger partial charge in [-0.3, -0.25) is 0 Å². The molecule has 5 heteroatoms. The Kier molecular flexibility index (Phi) is 3.99. The number of hydrogen-bond acceptors (Lipinski definition) is 4. The molecule has 0 aromatic heterocycles. The van der Waals surface area contributed by atoms with Crippen molar-refractivity contribution in [2.45, 2.75) is 18.6 Å². The van der Waals surface area contributed by atoms with E-state index in [9.17, 15) is 15.0 Å². The van der Waals surface area contributed by atoms with Gasteiger partial charge in [0.2, 0.25) is 0 Å². The number of aliphatic hydroxyl groups excluding tert-OH is 2. The number of rotatable bonds is 4. The van der Waals surface area contributed by atoms with E-state index in [-0.39, 0.29) is 12.0 Å². The summed E-state index contributed by atoms with van der Waals surface area (Å²) in [5, 5.41) is 38.6. The number of aliphatic hydroxyl groups is 2. The molecule has 0 aliphatic rings. The van der Waals surface area contributed by atoms with E-state index in [1.807, 2.05) is 0 Å². The molecule has 0 heterocycles. The summed E-state index contributed by atoms with van der Waals surface area (Å²) < 4.78 is 0. The Balaban J connectivity index is 2.59. The van der Waals surface area contributed by atoms with Gasteiger partial charge in [0.05, 0.1) is 24.2 Å². The van der Waals surface area contributed by atoms with Crippen molar-refractivity contribution in [1.29, 1.82) is 5.26 Å². The van der Waals surface area contributed by atoms with Gasteiger partial charge < -0.3 is 15.3 Å². The molecule has 0 spiro atoms. The van der Waals surface area contributed by atoms with Crippen molar-refractivity contribution in [3.8, 4) is 6.07 Å². The monoisotopic (exact) mass is 271 g/mol. The van der Waals surface area contributed by atoms with Gasteiger partial charge in [-0.2, -0.15) is 5.26 Å². The van der Waals surface area contributed by atoms with Crippen molar-refractivity contribution >= 4 is 16.7 Å². The van der Waals surface area contributed by atoms with Crippen LogP contribution in [-0.4, -0.2) is 27.4 Å². The number of benzene rings is 2. The third-order valence-corrected chi connectivity index (χ3v) is 3.17. The molecular weight excluding hydrogens is 258 g/mol. The lowest BCUT2D eigenvalue weighted by molar-refractivity contribution is 0.0225. The minimum Gasteiger partial charge on any atom is -0.478 e. The lowest BCUT2D eigenvalue weighted by atomic mass is 9.94. The van der Waals surface area contributed by atoms with Crippen molar-refractivity contribution in [3.63, 3.8) is 0 Å². The Labute approximate surface area is 115 Å². The third-order valence-electron chi connectivity index (χ3n) is 3.17. The SMILES string of the molecule is N#CCC(O)C(O)c1cccc2c(C(=O)O)cccc12. The average molecular weight is 271 g/mol. The highest BCUT2D eigenvalue weighted by molar-refractivity contribution is 6.04. The van der Waals surface area contributed by atoms with Crippen LogP contribution < -0.4 is 0 Å². The molecule has 0 fully saturated rings. The largest absolute Gasteiger partial charge is 0.478 e. The van der Waals surface area contributed by atoms with Crippen molar-refractivity contribution < 1.29 is 20.1 Å².